The zero-order valence-corrected chi connectivity index (χ0v) is 6.96. The molecule has 0 aromatic carbocycles. The second-order valence-corrected chi connectivity index (χ2v) is 2.85. The van der Waals surface area contributed by atoms with Crippen molar-refractivity contribution in [2.45, 2.75) is 25.2 Å². The standard InChI is InChI=1S/C7H16O5/c1-4(5(10)2-8)7(12)6(11)3-9/h4-12H,2-3H2,1H3/t4-,5+,6-,7-/m1/s1. The van der Waals surface area contributed by atoms with Crippen LogP contribution in [-0.2, 0) is 0 Å². The van der Waals surface area contributed by atoms with Crippen LogP contribution in [0.2, 0.25) is 0 Å². The van der Waals surface area contributed by atoms with E-state index in [1.165, 1.54) is 6.92 Å². The normalized spacial score (nSPS) is 21.5. The van der Waals surface area contributed by atoms with E-state index in [9.17, 15) is 5.11 Å². The van der Waals surface area contributed by atoms with E-state index in [0.717, 1.165) is 0 Å². The molecule has 0 heterocycles. The van der Waals surface area contributed by atoms with Crippen molar-refractivity contribution in [1.29, 1.82) is 0 Å². The molecule has 0 saturated carbocycles. The maximum absolute atomic E-state index is 9.21. The van der Waals surface area contributed by atoms with E-state index in [0.29, 0.717) is 0 Å². The van der Waals surface area contributed by atoms with Gasteiger partial charge in [0.2, 0.25) is 0 Å². The summed E-state index contributed by atoms with van der Waals surface area (Å²) in [6, 6.07) is 0. The van der Waals surface area contributed by atoms with Gasteiger partial charge >= 0.3 is 0 Å². The number of aliphatic hydroxyl groups is 5. The van der Waals surface area contributed by atoms with Crippen molar-refractivity contribution in [1.82, 2.24) is 0 Å². The highest BCUT2D eigenvalue weighted by atomic mass is 16.4. The zero-order chi connectivity index (χ0) is 9.72. The Balaban J connectivity index is 3.99. The van der Waals surface area contributed by atoms with Gasteiger partial charge in [-0.3, -0.25) is 0 Å². The summed E-state index contributed by atoms with van der Waals surface area (Å²) in [4.78, 5) is 0. The molecular weight excluding hydrogens is 164 g/mol. The van der Waals surface area contributed by atoms with Crippen molar-refractivity contribution in [2.75, 3.05) is 13.2 Å². The molecule has 0 aliphatic rings. The third kappa shape index (κ3) is 3.04. The second-order valence-electron chi connectivity index (χ2n) is 2.85. The van der Waals surface area contributed by atoms with Crippen LogP contribution in [0, 0.1) is 5.92 Å². The molecule has 0 spiro atoms. The van der Waals surface area contributed by atoms with Crippen molar-refractivity contribution < 1.29 is 25.5 Å². The van der Waals surface area contributed by atoms with E-state index in [4.69, 9.17) is 20.4 Å². The lowest BCUT2D eigenvalue weighted by molar-refractivity contribution is -0.0780. The van der Waals surface area contributed by atoms with Gasteiger partial charge < -0.3 is 25.5 Å². The molecule has 0 fully saturated rings. The van der Waals surface area contributed by atoms with Crippen molar-refractivity contribution >= 4 is 0 Å². The van der Waals surface area contributed by atoms with Crippen molar-refractivity contribution in [2.24, 2.45) is 5.92 Å². The highest BCUT2D eigenvalue weighted by Crippen LogP contribution is 2.11. The predicted molar refractivity (Wildman–Crippen MR) is 41.4 cm³/mol. The Morgan fingerprint density at radius 2 is 1.33 bits per heavy atom. The number of rotatable bonds is 5. The van der Waals surface area contributed by atoms with Gasteiger partial charge in [0.1, 0.15) is 6.10 Å². The average Bonchev–Trinajstić information content (AvgIpc) is 2.12. The molecule has 0 aliphatic carbocycles. The topological polar surface area (TPSA) is 101 Å². The van der Waals surface area contributed by atoms with Crippen molar-refractivity contribution in [3.8, 4) is 0 Å². The van der Waals surface area contributed by atoms with Crippen LogP contribution >= 0.6 is 0 Å². The lowest BCUT2D eigenvalue weighted by Crippen LogP contribution is -2.41. The number of hydrogen-bond acceptors (Lipinski definition) is 5. The van der Waals surface area contributed by atoms with E-state index in [-0.39, 0.29) is 0 Å². The van der Waals surface area contributed by atoms with Gasteiger partial charge in [-0.2, -0.15) is 0 Å². The molecule has 0 aromatic heterocycles. The monoisotopic (exact) mass is 180 g/mol. The molecule has 0 radical (unpaired) electrons. The first-order valence-electron chi connectivity index (χ1n) is 3.80. The Labute approximate surface area is 70.9 Å². The molecule has 12 heavy (non-hydrogen) atoms. The summed E-state index contributed by atoms with van der Waals surface area (Å²) in [6.07, 6.45) is -3.58. The van der Waals surface area contributed by atoms with Crippen LogP contribution in [0.4, 0.5) is 0 Å². The molecule has 0 saturated heterocycles. The largest absolute Gasteiger partial charge is 0.394 e. The van der Waals surface area contributed by atoms with Crippen LogP contribution in [0.5, 0.6) is 0 Å². The van der Waals surface area contributed by atoms with Crippen LogP contribution in [-0.4, -0.2) is 57.1 Å². The van der Waals surface area contributed by atoms with Crippen molar-refractivity contribution in [3.05, 3.63) is 0 Å². The Morgan fingerprint density at radius 3 is 1.67 bits per heavy atom. The van der Waals surface area contributed by atoms with E-state index >= 15 is 0 Å². The van der Waals surface area contributed by atoms with Crippen LogP contribution in [0.15, 0.2) is 0 Å². The summed E-state index contributed by atoms with van der Waals surface area (Å²) in [6.45, 7) is 0.435. The molecule has 5 N–H and O–H groups in total. The zero-order valence-electron chi connectivity index (χ0n) is 6.96. The number of aliphatic hydroxyl groups excluding tert-OH is 5. The fourth-order valence-corrected chi connectivity index (χ4v) is 0.852. The molecule has 0 rings (SSSR count). The summed E-state index contributed by atoms with van der Waals surface area (Å²) in [7, 11) is 0. The van der Waals surface area contributed by atoms with E-state index in [1.807, 2.05) is 0 Å². The lowest BCUT2D eigenvalue weighted by Gasteiger charge is -2.25. The minimum Gasteiger partial charge on any atom is -0.394 e. The van der Waals surface area contributed by atoms with Gasteiger partial charge in [0.15, 0.2) is 0 Å². The van der Waals surface area contributed by atoms with Gasteiger partial charge in [-0.1, -0.05) is 6.92 Å². The second kappa shape index (κ2) is 5.45. The summed E-state index contributed by atoms with van der Waals surface area (Å²) in [5.41, 5.74) is 0. The highest BCUT2D eigenvalue weighted by molar-refractivity contribution is 4.77. The fraction of sp³-hybridized carbons (Fsp3) is 1.00. The maximum atomic E-state index is 9.21. The average molecular weight is 180 g/mol. The van der Waals surface area contributed by atoms with Crippen LogP contribution in [0.3, 0.4) is 0 Å². The lowest BCUT2D eigenvalue weighted by atomic mass is 9.95. The molecule has 5 heteroatoms. The first-order chi connectivity index (χ1) is 5.54. The van der Waals surface area contributed by atoms with Gasteiger partial charge in [0.25, 0.3) is 0 Å². The molecule has 0 bridgehead atoms. The highest BCUT2D eigenvalue weighted by Gasteiger charge is 2.27. The Bertz CT molecular complexity index is 104. The fourth-order valence-electron chi connectivity index (χ4n) is 0.852. The summed E-state index contributed by atoms with van der Waals surface area (Å²) in [5.74, 6) is -0.669. The van der Waals surface area contributed by atoms with Crippen LogP contribution in [0.1, 0.15) is 6.92 Å². The van der Waals surface area contributed by atoms with E-state index in [2.05, 4.69) is 0 Å². The van der Waals surface area contributed by atoms with Crippen molar-refractivity contribution in [3.63, 3.8) is 0 Å². The molecular formula is C7H16O5. The minimum absolute atomic E-state index is 0.476. The van der Waals surface area contributed by atoms with Crippen LogP contribution in [0.25, 0.3) is 0 Å². The molecule has 0 aromatic rings. The van der Waals surface area contributed by atoms with Gasteiger partial charge in [-0.25, -0.2) is 0 Å². The molecule has 5 nitrogen and oxygen atoms in total. The van der Waals surface area contributed by atoms with Gasteiger partial charge in [0, 0.05) is 5.92 Å². The van der Waals surface area contributed by atoms with Crippen LogP contribution < -0.4 is 0 Å². The van der Waals surface area contributed by atoms with Gasteiger partial charge in [-0.15, -0.1) is 0 Å². The Hall–Kier alpha value is -0.200. The third-order valence-electron chi connectivity index (χ3n) is 1.91. The SMILES string of the molecule is C[C@@H]([C@@H](O)[C@H](O)CO)[C@@H](O)CO. The van der Waals surface area contributed by atoms with E-state index in [1.54, 1.807) is 0 Å². The Kier molecular flexibility index (Phi) is 5.36. The first kappa shape index (κ1) is 11.8. The summed E-state index contributed by atoms with van der Waals surface area (Å²) < 4.78 is 0. The molecule has 0 aliphatic heterocycles. The smallest absolute Gasteiger partial charge is 0.103 e. The van der Waals surface area contributed by atoms with Gasteiger partial charge in [-0.05, 0) is 0 Å². The quantitative estimate of drug-likeness (QED) is 0.327. The summed E-state index contributed by atoms with van der Waals surface area (Å²) >= 11 is 0. The molecule has 4 atom stereocenters. The summed E-state index contributed by atoms with van der Waals surface area (Å²) in [5, 5.41) is 44.2. The van der Waals surface area contributed by atoms with Gasteiger partial charge in [0.05, 0.1) is 25.4 Å². The Morgan fingerprint density at radius 1 is 0.917 bits per heavy atom. The molecule has 0 unspecified atom stereocenters. The molecule has 74 valence electrons. The first-order valence-corrected chi connectivity index (χ1v) is 3.80. The molecule has 0 amide bonds. The predicted octanol–water partition coefficient (Wildman–Crippen LogP) is -2.31. The number of hydrogen-bond donors (Lipinski definition) is 5. The third-order valence-corrected chi connectivity index (χ3v) is 1.91. The maximum Gasteiger partial charge on any atom is 0.103 e. The van der Waals surface area contributed by atoms with E-state index < -0.39 is 37.4 Å². The minimum atomic E-state index is -1.28.